The van der Waals surface area contributed by atoms with Gasteiger partial charge in [0, 0.05) is 50.3 Å². The molecule has 1 saturated heterocycles. The molecule has 2 N–H and O–H groups in total. The van der Waals surface area contributed by atoms with Crippen LogP contribution in [0.5, 0.6) is 0 Å². The van der Waals surface area contributed by atoms with E-state index < -0.39 is 5.54 Å². The summed E-state index contributed by atoms with van der Waals surface area (Å²) >= 11 is 0. The molecule has 0 radical (unpaired) electrons. The van der Waals surface area contributed by atoms with Crippen LogP contribution < -0.4 is 5.73 Å². The van der Waals surface area contributed by atoms with E-state index in [2.05, 4.69) is 30.3 Å². The lowest BCUT2D eigenvalue weighted by Crippen LogP contribution is -2.76. The lowest BCUT2D eigenvalue weighted by atomic mass is 9.54. The first-order valence-corrected chi connectivity index (χ1v) is 9.56. The zero-order valence-electron chi connectivity index (χ0n) is 16.0. The Morgan fingerprint density at radius 2 is 2.20 bits per heavy atom. The van der Waals surface area contributed by atoms with Gasteiger partial charge in [0.2, 0.25) is 5.91 Å². The number of hydrogen-bond donors (Lipinski definition) is 1. The largest absolute Gasteiger partial charge is 0.378 e. The van der Waals surface area contributed by atoms with Crippen LogP contribution in [0, 0.1) is 5.41 Å². The minimum Gasteiger partial charge on any atom is -0.378 e. The SMILES string of the molecule is CCOC1CC(N)(C(=O)N2CCCC(n3ccnc3CC)C2)C1(C)C. The second-order valence-corrected chi connectivity index (χ2v) is 7.99. The molecule has 3 atom stereocenters. The summed E-state index contributed by atoms with van der Waals surface area (Å²) < 4.78 is 8.01. The Morgan fingerprint density at radius 1 is 1.44 bits per heavy atom. The second-order valence-electron chi connectivity index (χ2n) is 7.99. The van der Waals surface area contributed by atoms with Crippen molar-refractivity contribution in [3.8, 4) is 0 Å². The number of carbonyl (C=O) groups is 1. The van der Waals surface area contributed by atoms with Crippen molar-refractivity contribution >= 4 is 5.91 Å². The molecule has 1 saturated carbocycles. The molecule has 6 nitrogen and oxygen atoms in total. The van der Waals surface area contributed by atoms with Gasteiger partial charge in [-0.05, 0) is 19.8 Å². The van der Waals surface area contributed by atoms with Gasteiger partial charge >= 0.3 is 0 Å². The number of aromatic nitrogens is 2. The third-order valence-corrected chi connectivity index (χ3v) is 6.35. The maximum Gasteiger partial charge on any atom is 0.243 e. The van der Waals surface area contributed by atoms with Crippen molar-refractivity contribution in [3.05, 3.63) is 18.2 Å². The Kier molecular flexibility index (Phi) is 4.95. The van der Waals surface area contributed by atoms with E-state index in [0.717, 1.165) is 38.2 Å². The maximum atomic E-state index is 13.3. The van der Waals surface area contributed by atoms with Crippen LogP contribution in [0.1, 0.15) is 58.8 Å². The highest BCUT2D eigenvalue weighted by Gasteiger charge is 2.63. The van der Waals surface area contributed by atoms with Crippen molar-refractivity contribution < 1.29 is 9.53 Å². The molecule has 3 unspecified atom stereocenters. The molecule has 25 heavy (non-hydrogen) atoms. The number of nitrogens with two attached hydrogens (primary N) is 1. The molecule has 1 aliphatic heterocycles. The van der Waals surface area contributed by atoms with Gasteiger partial charge in [-0.2, -0.15) is 0 Å². The first-order chi connectivity index (χ1) is 11.8. The van der Waals surface area contributed by atoms with Crippen LogP contribution in [0.4, 0.5) is 0 Å². The Balaban J connectivity index is 1.73. The summed E-state index contributed by atoms with van der Waals surface area (Å²) in [5.74, 6) is 1.17. The van der Waals surface area contributed by atoms with Crippen molar-refractivity contribution in [2.75, 3.05) is 19.7 Å². The highest BCUT2D eigenvalue weighted by molar-refractivity contribution is 5.89. The summed E-state index contributed by atoms with van der Waals surface area (Å²) in [6.07, 6.45) is 7.55. The van der Waals surface area contributed by atoms with E-state index in [-0.39, 0.29) is 17.4 Å². The Labute approximate surface area is 150 Å². The Hall–Kier alpha value is -1.40. The Bertz CT molecular complexity index is 627. The van der Waals surface area contributed by atoms with Crippen molar-refractivity contribution in [2.45, 2.75) is 71.1 Å². The fourth-order valence-electron chi connectivity index (χ4n) is 4.40. The number of aryl methyl sites for hydroxylation is 1. The van der Waals surface area contributed by atoms with Gasteiger partial charge in [-0.1, -0.05) is 20.8 Å². The molecule has 6 heteroatoms. The van der Waals surface area contributed by atoms with E-state index in [1.807, 2.05) is 24.2 Å². The smallest absolute Gasteiger partial charge is 0.243 e. The lowest BCUT2D eigenvalue weighted by Gasteiger charge is -2.59. The third kappa shape index (κ3) is 2.89. The number of piperidine rings is 1. The van der Waals surface area contributed by atoms with Crippen molar-refractivity contribution in [3.63, 3.8) is 0 Å². The molecule has 2 heterocycles. The summed E-state index contributed by atoms with van der Waals surface area (Å²) in [6.45, 7) is 10.4. The van der Waals surface area contributed by atoms with Gasteiger partial charge in [-0.3, -0.25) is 4.79 Å². The number of ether oxygens (including phenoxy) is 1. The quantitative estimate of drug-likeness (QED) is 0.885. The Morgan fingerprint density at radius 3 is 2.84 bits per heavy atom. The minimum absolute atomic E-state index is 0.0624. The lowest BCUT2D eigenvalue weighted by molar-refractivity contribution is -0.180. The number of rotatable bonds is 5. The zero-order valence-corrected chi connectivity index (χ0v) is 16.0. The monoisotopic (exact) mass is 348 g/mol. The summed E-state index contributed by atoms with van der Waals surface area (Å²) in [6, 6.07) is 0.296. The van der Waals surface area contributed by atoms with Gasteiger partial charge in [0.15, 0.2) is 0 Å². The van der Waals surface area contributed by atoms with Gasteiger partial charge in [-0.25, -0.2) is 4.98 Å². The summed E-state index contributed by atoms with van der Waals surface area (Å²) in [5, 5.41) is 0. The molecular formula is C19H32N4O2. The fraction of sp³-hybridized carbons (Fsp3) is 0.789. The maximum absolute atomic E-state index is 13.3. The van der Waals surface area contributed by atoms with Crippen LogP contribution in [0.25, 0.3) is 0 Å². The van der Waals surface area contributed by atoms with E-state index in [1.54, 1.807) is 0 Å². The number of hydrogen-bond acceptors (Lipinski definition) is 4. The van der Waals surface area contributed by atoms with Crippen LogP contribution in [0.2, 0.25) is 0 Å². The molecule has 1 aromatic heterocycles. The fourth-order valence-corrected chi connectivity index (χ4v) is 4.40. The predicted octanol–water partition coefficient (Wildman–Crippen LogP) is 2.14. The molecule has 0 bridgehead atoms. The molecule has 1 amide bonds. The number of likely N-dealkylation sites (tertiary alicyclic amines) is 1. The van der Waals surface area contributed by atoms with Crippen molar-refractivity contribution in [1.29, 1.82) is 0 Å². The zero-order chi connectivity index (χ0) is 18.2. The van der Waals surface area contributed by atoms with Crippen LogP contribution in [-0.2, 0) is 16.0 Å². The van der Waals surface area contributed by atoms with Crippen molar-refractivity contribution in [2.24, 2.45) is 11.1 Å². The summed E-state index contributed by atoms with van der Waals surface area (Å²) in [4.78, 5) is 19.7. The standard InChI is InChI=1S/C19H32N4O2/c1-5-16-21-9-11-23(16)14-8-7-10-22(13-14)17(24)19(20)12-15(25-6-2)18(19,3)4/h9,11,14-15H,5-8,10,12-13,20H2,1-4H3. The number of carbonyl (C=O) groups excluding carboxylic acids is 1. The van der Waals surface area contributed by atoms with Crippen LogP contribution >= 0.6 is 0 Å². The normalized spacial score (nSPS) is 31.6. The molecule has 2 fully saturated rings. The van der Waals surface area contributed by atoms with Crippen LogP contribution in [0.3, 0.4) is 0 Å². The first-order valence-electron chi connectivity index (χ1n) is 9.56. The van der Waals surface area contributed by atoms with Crippen LogP contribution in [0.15, 0.2) is 12.4 Å². The van der Waals surface area contributed by atoms with Gasteiger partial charge in [0.05, 0.1) is 12.1 Å². The number of amides is 1. The predicted molar refractivity (Wildman–Crippen MR) is 97.2 cm³/mol. The van der Waals surface area contributed by atoms with Gasteiger partial charge in [-0.15, -0.1) is 0 Å². The molecule has 2 aliphatic rings. The highest BCUT2D eigenvalue weighted by atomic mass is 16.5. The molecular weight excluding hydrogens is 316 g/mol. The molecule has 1 aromatic rings. The second kappa shape index (κ2) is 6.72. The van der Waals surface area contributed by atoms with E-state index in [1.165, 1.54) is 0 Å². The average molecular weight is 348 g/mol. The molecule has 0 spiro atoms. The minimum atomic E-state index is -0.822. The van der Waals surface area contributed by atoms with Gasteiger partial charge in [0.1, 0.15) is 11.4 Å². The summed E-state index contributed by atoms with van der Waals surface area (Å²) in [5.41, 5.74) is 5.45. The highest BCUT2D eigenvalue weighted by Crippen LogP contribution is 2.50. The van der Waals surface area contributed by atoms with E-state index >= 15 is 0 Å². The number of nitrogens with zero attached hydrogens (tertiary/aromatic N) is 3. The molecule has 1 aliphatic carbocycles. The third-order valence-electron chi connectivity index (χ3n) is 6.35. The van der Waals surface area contributed by atoms with Crippen molar-refractivity contribution in [1.82, 2.24) is 14.5 Å². The van der Waals surface area contributed by atoms with Gasteiger partial charge < -0.3 is 19.9 Å². The first kappa shape index (κ1) is 18.4. The summed E-state index contributed by atoms with van der Waals surface area (Å²) in [7, 11) is 0. The van der Waals surface area contributed by atoms with E-state index in [4.69, 9.17) is 10.5 Å². The van der Waals surface area contributed by atoms with E-state index in [0.29, 0.717) is 19.1 Å². The van der Waals surface area contributed by atoms with Gasteiger partial charge in [0.25, 0.3) is 0 Å². The van der Waals surface area contributed by atoms with E-state index in [9.17, 15) is 4.79 Å². The number of imidazole rings is 1. The molecule has 3 rings (SSSR count). The molecule has 140 valence electrons. The average Bonchev–Trinajstić information content (AvgIpc) is 3.09. The topological polar surface area (TPSA) is 73.4 Å². The van der Waals surface area contributed by atoms with Crippen LogP contribution in [-0.4, -0.2) is 51.7 Å². The molecule has 0 aromatic carbocycles.